The van der Waals surface area contributed by atoms with Gasteiger partial charge in [0.1, 0.15) is 6.10 Å². The van der Waals surface area contributed by atoms with Gasteiger partial charge in [0.25, 0.3) is 6.01 Å². The van der Waals surface area contributed by atoms with Gasteiger partial charge in [-0.2, -0.15) is 4.98 Å². The molecule has 4 aromatic rings. The molecule has 2 atom stereocenters. The Morgan fingerprint density at radius 2 is 1.77 bits per heavy atom. The lowest BCUT2D eigenvalue weighted by Crippen LogP contribution is -2.17. The van der Waals surface area contributed by atoms with E-state index in [9.17, 15) is 5.11 Å². The number of halogens is 1. The first-order chi connectivity index (χ1) is 14.7. The number of nitrogens with one attached hydrogen (secondary N) is 1. The quantitative estimate of drug-likeness (QED) is 0.496. The van der Waals surface area contributed by atoms with E-state index in [0.717, 1.165) is 16.7 Å². The van der Waals surface area contributed by atoms with Gasteiger partial charge in [0.15, 0.2) is 5.65 Å². The molecule has 2 aromatic carbocycles. The molecule has 0 radical (unpaired) electrons. The summed E-state index contributed by atoms with van der Waals surface area (Å²) in [6.45, 7) is 0.416. The van der Waals surface area contributed by atoms with Crippen molar-refractivity contribution in [1.82, 2.24) is 15.0 Å². The number of H-pyrrole nitrogens is 1. The molecular weight excluding hydrogens is 402 g/mol. The van der Waals surface area contributed by atoms with Crippen LogP contribution in [0, 0.1) is 0 Å². The zero-order valence-corrected chi connectivity index (χ0v) is 16.8. The van der Waals surface area contributed by atoms with E-state index < -0.39 is 0 Å². The largest absolute Gasteiger partial charge is 0.459 e. The van der Waals surface area contributed by atoms with Crippen molar-refractivity contribution in [3.63, 3.8) is 0 Å². The van der Waals surface area contributed by atoms with Crippen LogP contribution in [-0.4, -0.2) is 45.5 Å². The van der Waals surface area contributed by atoms with Crippen LogP contribution in [0.4, 0.5) is 0 Å². The van der Waals surface area contributed by atoms with Crippen molar-refractivity contribution in [2.45, 2.75) is 18.6 Å². The first-order valence-electron chi connectivity index (χ1n) is 9.81. The van der Waals surface area contributed by atoms with E-state index in [1.54, 1.807) is 0 Å². The molecule has 152 valence electrons. The third-order valence-corrected chi connectivity index (χ3v) is 5.48. The molecule has 1 fully saturated rings. The van der Waals surface area contributed by atoms with Crippen LogP contribution in [-0.2, 0) is 4.74 Å². The van der Waals surface area contributed by atoms with E-state index in [0.29, 0.717) is 40.9 Å². The van der Waals surface area contributed by atoms with E-state index in [1.165, 1.54) is 0 Å². The highest BCUT2D eigenvalue weighted by atomic mass is 35.5. The molecular formula is C23H20ClN3O3. The fourth-order valence-corrected chi connectivity index (χ4v) is 3.91. The molecule has 0 aliphatic carbocycles. The molecule has 0 bridgehead atoms. The molecule has 1 unspecified atom stereocenters. The standard InChI is InChI=1S/C23H20ClN3O3/c24-19-11-20-22(27-23(25-20)30-18-10-17(12-28)29-13-18)26-21(19)16-8-6-15(7-9-16)14-4-2-1-3-5-14/h1-9,11,17-18,28H,10,12-13H2,(H,25,26,27)/t17?,18-/m1/s1. The first-order valence-corrected chi connectivity index (χ1v) is 10.2. The van der Waals surface area contributed by atoms with E-state index in [2.05, 4.69) is 39.2 Å². The number of rotatable bonds is 5. The summed E-state index contributed by atoms with van der Waals surface area (Å²) in [5, 5.41) is 9.72. The number of fused-ring (bicyclic) bond motifs is 1. The van der Waals surface area contributed by atoms with Gasteiger partial charge in [-0.05, 0) is 17.2 Å². The van der Waals surface area contributed by atoms with Crippen LogP contribution >= 0.6 is 11.6 Å². The molecule has 0 saturated carbocycles. The molecule has 0 amide bonds. The minimum atomic E-state index is -0.183. The van der Waals surface area contributed by atoms with Crippen molar-refractivity contribution in [2.75, 3.05) is 13.2 Å². The molecule has 7 heteroatoms. The number of nitrogens with zero attached hydrogens (tertiary/aromatic N) is 2. The lowest BCUT2D eigenvalue weighted by Gasteiger charge is -2.07. The summed E-state index contributed by atoms with van der Waals surface area (Å²) in [6.07, 6.45) is 0.293. The Kier molecular flexibility index (Phi) is 5.12. The van der Waals surface area contributed by atoms with Crippen molar-refractivity contribution < 1.29 is 14.6 Å². The van der Waals surface area contributed by atoms with Crippen LogP contribution < -0.4 is 4.74 Å². The Morgan fingerprint density at radius 1 is 1.03 bits per heavy atom. The van der Waals surface area contributed by atoms with Gasteiger partial charge in [-0.3, -0.25) is 0 Å². The van der Waals surface area contributed by atoms with Crippen LogP contribution in [0.15, 0.2) is 60.7 Å². The van der Waals surface area contributed by atoms with Crippen LogP contribution in [0.5, 0.6) is 6.01 Å². The normalized spacial score (nSPS) is 18.7. The number of imidazole rings is 1. The molecule has 6 nitrogen and oxygen atoms in total. The van der Waals surface area contributed by atoms with E-state index in [-0.39, 0.29) is 18.8 Å². The monoisotopic (exact) mass is 421 g/mol. The highest BCUT2D eigenvalue weighted by Crippen LogP contribution is 2.31. The third kappa shape index (κ3) is 3.77. The maximum Gasteiger partial charge on any atom is 0.296 e. The zero-order valence-electron chi connectivity index (χ0n) is 16.1. The van der Waals surface area contributed by atoms with Gasteiger partial charge in [0.2, 0.25) is 0 Å². The molecule has 5 rings (SSSR count). The van der Waals surface area contributed by atoms with E-state index in [1.807, 2.05) is 36.4 Å². The Balaban J connectivity index is 1.40. The molecule has 0 spiro atoms. The minimum absolute atomic E-state index is 0.0103. The summed E-state index contributed by atoms with van der Waals surface area (Å²) in [5.41, 5.74) is 5.12. The lowest BCUT2D eigenvalue weighted by molar-refractivity contribution is 0.0528. The summed E-state index contributed by atoms with van der Waals surface area (Å²) in [6, 6.07) is 20.5. The number of aromatic nitrogens is 3. The van der Waals surface area contributed by atoms with Crippen LogP contribution in [0.3, 0.4) is 0 Å². The maximum absolute atomic E-state index is 9.19. The van der Waals surface area contributed by atoms with Crippen molar-refractivity contribution in [1.29, 1.82) is 0 Å². The SMILES string of the molecule is OCC1C[C@@H](Oc2nc3nc(-c4ccc(-c5ccccc5)cc4)c(Cl)cc3[nH]2)CO1. The molecule has 3 heterocycles. The van der Waals surface area contributed by atoms with Gasteiger partial charge in [0.05, 0.1) is 35.6 Å². The predicted octanol–water partition coefficient (Wildman–Crippen LogP) is 4.47. The second-order valence-corrected chi connectivity index (χ2v) is 7.70. The number of ether oxygens (including phenoxy) is 2. The van der Waals surface area contributed by atoms with Crippen molar-refractivity contribution in [2.24, 2.45) is 0 Å². The van der Waals surface area contributed by atoms with Gasteiger partial charge in [-0.25, -0.2) is 4.98 Å². The summed E-state index contributed by atoms with van der Waals surface area (Å²) < 4.78 is 11.3. The predicted molar refractivity (Wildman–Crippen MR) is 116 cm³/mol. The number of hydrogen-bond acceptors (Lipinski definition) is 5. The highest BCUT2D eigenvalue weighted by molar-refractivity contribution is 6.33. The average Bonchev–Trinajstić information content (AvgIpc) is 3.40. The van der Waals surface area contributed by atoms with Gasteiger partial charge in [-0.1, -0.05) is 66.2 Å². The maximum atomic E-state index is 9.19. The number of aliphatic hydroxyl groups is 1. The summed E-state index contributed by atoms with van der Waals surface area (Å²) >= 11 is 6.51. The molecule has 30 heavy (non-hydrogen) atoms. The van der Waals surface area contributed by atoms with E-state index in [4.69, 9.17) is 21.1 Å². The Hall–Kier alpha value is -2.93. The van der Waals surface area contributed by atoms with Gasteiger partial charge in [0, 0.05) is 12.0 Å². The molecule has 2 N–H and O–H groups in total. The van der Waals surface area contributed by atoms with Crippen LogP contribution in [0.25, 0.3) is 33.5 Å². The topological polar surface area (TPSA) is 80.3 Å². The number of pyridine rings is 1. The number of aliphatic hydroxyl groups excluding tert-OH is 1. The van der Waals surface area contributed by atoms with Gasteiger partial charge >= 0.3 is 0 Å². The lowest BCUT2D eigenvalue weighted by atomic mass is 10.0. The van der Waals surface area contributed by atoms with Gasteiger partial charge in [-0.15, -0.1) is 0 Å². The summed E-state index contributed by atoms with van der Waals surface area (Å²) in [5.74, 6) is 0. The number of benzene rings is 2. The van der Waals surface area contributed by atoms with E-state index >= 15 is 0 Å². The van der Waals surface area contributed by atoms with Crippen molar-refractivity contribution in [3.8, 4) is 28.4 Å². The Bertz CT molecular complexity index is 1160. The molecule has 1 aliphatic rings. The number of aromatic amines is 1. The fraction of sp³-hybridized carbons (Fsp3) is 0.217. The second-order valence-electron chi connectivity index (χ2n) is 7.29. The van der Waals surface area contributed by atoms with Crippen LogP contribution in [0.2, 0.25) is 5.02 Å². The smallest absolute Gasteiger partial charge is 0.296 e. The Labute approximate surface area is 178 Å². The Morgan fingerprint density at radius 3 is 2.50 bits per heavy atom. The summed E-state index contributed by atoms with van der Waals surface area (Å²) in [7, 11) is 0. The fourth-order valence-electron chi connectivity index (χ4n) is 3.65. The van der Waals surface area contributed by atoms with Crippen molar-refractivity contribution >= 4 is 22.8 Å². The number of hydrogen-bond donors (Lipinski definition) is 2. The zero-order chi connectivity index (χ0) is 20.5. The first kappa shape index (κ1) is 19.1. The summed E-state index contributed by atoms with van der Waals surface area (Å²) in [4.78, 5) is 12.2. The third-order valence-electron chi connectivity index (χ3n) is 5.20. The van der Waals surface area contributed by atoms with Crippen LogP contribution in [0.1, 0.15) is 6.42 Å². The highest BCUT2D eigenvalue weighted by Gasteiger charge is 2.27. The molecule has 2 aromatic heterocycles. The minimum Gasteiger partial charge on any atom is -0.459 e. The average molecular weight is 422 g/mol. The molecule has 1 aliphatic heterocycles. The molecule has 1 saturated heterocycles. The van der Waals surface area contributed by atoms with Crippen molar-refractivity contribution in [3.05, 3.63) is 65.7 Å². The van der Waals surface area contributed by atoms with Gasteiger partial charge < -0.3 is 19.6 Å². The second kappa shape index (κ2) is 8.07.